The Labute approximate surface area is 149 Å². The molecule has 0 bridgehead atoms. The maximum absolute atomic E-state index is 12.7. The van der Waals surface area contributed by atoms with Crippen LogP contribution in [0.4, 0.5) is 0 Å². The third kappa shape index (κ3) is 4.69. The predicted molar refractivity (Wildman–Crippen MR) is 97.2 cm³/mol. The Morgan fingerprint density at radius 3 is 2.80 bits per heavy atom. The summed E-state index contributed by atoms with van der Waals surface area (Å²) in [6.07, 6.45) is 7.35. The van der Waals surface area contributed by atoms with E-state index in [1.54, 1.807) is 20.0 Å². The van der Waals surface area contributed by atoms with E-state index in [2.05, 4.69) is 10.3 Å². The summed E-state index contributed by atoms with van der Waals surface area (Å²) in [5, 5.41) is 13.1. The van der Waals surface area contributed by atoms with Gasteiger partial charge in [0.05, 0.1) is 11.6 Å². The molecule has 3 rings (SSSR count). The average Bonchev–Trinajstić information content (AvgIpc) is 3.32. The molecular weight excluding hydrogens is 314 g/mol. The van der Waals surface area contributed by atoms with Crippen LogP contribution in [0, 0.1) is 5.92 Å². The van der Waals surface area contributed by atoms with Crippen molar-refractivity contribution in [1.82, 2.24) is 14.9 Å². The number of nitrogens with zero attached hydrogens (tertiary/aromatic N) is 2. The summed E-state index contributed by atoms with van der Waals surface area (Å²) < 4.78 is 1.98. The van der Waals surface area contributed by atoms with E-state index < -0.39 is 5.60 Å². The molecule has 0 aliphatic heterocycles. The molecule has 1 aliphatic rings. The molecular formula is C20H27N3O2. The van der Waals surface area contributed by atoms with Crippen molar-refractivity contribution in [3.8, 4) is 0 Å². The van der Waals surface area contributed by atoms with Gasteiger partial charge in [-0.2, -0.15) is 0 Å². The van der Waals surface area contributed by atoms with Gasteiger partial charge in [0.1, 0.15) is 5.82 Å². The van der Waals surface area contributed by atoms with E-state index in [0.717, 1.165) is 30.7 Å². The van der Waals surface area contributed by atoms with Gasteiger partial charge in [0, 0.05) is 25.0 Å². The molecule has 1 aliphatic carbocycles. The molecule has 1 saturated carbocycles. The fourth-order valence-corrected chi connectivity index (χ4v) is 3.04. The smallest absolute Gasteiger partial charge is 0.251 e. The molecule has 2 N–H and O–H groups in total. The lowest BCUT2D eigenvalue weighted by atomic mass is 9.97. The molecule has 0 spiro atoms. The van der Waals surface area contributed by atoms with Crippen molar-refractivity contribution in [2.45, 2.75) is 51.2 Å². The largest absolute Gasteiger partial charge is 0.390 e. The fraction of sp³-hybridized carbons (Fsp3) is 0.500. The number of imidazole rings is 1. The van der Waals surface area contributed by atoms with Crippen molar-refractivity contribution in [3.05, 3.63) is 53.6 Å². The number of carbonyl (C=O) groups is 1. The average molecular weight is 341 g/mol. The summed E-state index contributed by atoms with van der Waals surface area (Å²) in [4.78, 5) is 17.2. The van der Waals surface area contributed by atoms with E-state index in [1.807, 2.05) is 42.1 Å². The van der Waals surface area contributed by atoms with Gasteiger partial charge in [-0.1, -0.05) is 12.1 Å². The lowest BCUT2D eigenvalue weighted by molar-refractivity contribution is 0.0714. The first-order chi connectivity index (χ1) is 11.8. The molecule has 0 saturated heterocycles. The summed E-state index contributed by atoms with van der Waals surface area (Å²) in [7, 11) is 1.96. The molecule has 2 aromatic rings. The second-order valence-electron chi connectivity index (χ2n) is 7.70. The second kappa shape index (κ2) is 7.00. The molecule has 0 radical (unpaired) electrons. The summed E-state index contributed by atoms with van der Waals surface area (Å²) in [6.45, 7) is 3.60. The summed E-state index contributed by atoms with van der Waals surface area (Å²) in [6, 6.07) is 7.63. The van der Waals surface area contributed by atoms with E-state index in [1.165, 1.54) is 0 Å². The number of hydrogen-bond acceptors (Lipinski definition) is 3. The highest BCUT2D eigenvalue weighted by Crippen LogP contribution is 2.40. The number of amides is 1. The van der Waals surface area contributed by atoms with Gasteiger partial charge in [0.15, 0.2) is 0 Å². The highest BCUT2D eigenvalue weighted by atomic mass is 16.3. The summed E-state index contributed by atoms with van der Waals surface area (Å²) >= 11 is 0. The molecule has 1 fully saturated rings. The number of benzene rings is 1. The number of carbonyl (C=O) groups excluding carboxylic acids is 1. The van der Waals surface area contributed by atoms with Crippen molar-refractivity contribution in [2.24, 2.45) is 13.0 Å². The molecule has 1 unspecified atom stereocenters. The van der Waals surface area contributed by atoms with Crippen LogP contribution in [-0.4, -0.2) is 26.2 Å². The lowest BCUT2D eigenvalue weighted by Gasteiger charge is -2.19. The van der Waals surface area contributed by atoms with Crippen LogP contribution in [0.2, 0.25) is 0 Å². The van der Waals surface area contributed by atoms with Crippen molar-refractivity contribution in [3.63, 3.8) is 0 Å². The minimum absolute atomic E-state index is 0.0347. The molecule has 5 heteroatoms. The lowest BCUT2D eigenvalue weighted by Crippen LogP contribution is -2.31. The third-order valence-corrected chi connectivity index (χ3v) is 4.73. The Kier molecular flexibility index (Phi) is 4.95. The van der Waals surface area contributed by atoms with Gasteiger partial charge in [0.25, 0.3) is 5.91 Å². The van der Waals surface area contributed by atoms with Crippen LogP contribution in [0.15, 0.2) is 36.7 Å². The first kappa shape index (κ1) is 17.7. The van der Waals surface area contributed by atoms with E-state index in [9.17, 15) is 9.90 Å². The van der Waals surface area contributed by atoms with Crippen LogP contribution in [0.25, 0.3) is 0 Å². The van der Waals surface area contributed by atoms with Gasteiger partial charge in [-0.25, -0.2) is 4.98 Å². The molecule has 1 atom stereocenters. The van der Waals surface area contributed by atoms with Gasteiger partial charge >= 0.3 is 0 Å². The first-order valence-corrected chi connectivity index (χ1v) is 8.93. The maximum atomic E-state index is 12.7. The van der Waals surface area contributed by atoms with Gasteiger partial charge in [-0.15, -0.1) is 0 Å². The van der Waals surface area contributed by atoms with Crippen LogP contribution in [0.3, 0.4) is 0 Å². The van der Waals surface area contributed by atoms with E-state index >= 15 is 0 Å². The minimum Gasteiger partial charge on any atom is -0.390 e. The Hall–Kier alpha value is -2.14. The molecule has 1 aromatic heterocycles. The Balaban J connectivity index is 1.71. The van der Waals surface area contributed by atoms with Gasteiger partial charge in [-0.3, -0.25) is 4.79 Å². The monoisotopic (exact) mass is 341 g/mol. The molecule has 134 valence electrons. The zero-order valence-corrected chi connectivity index (χ0v) is 15.2. The van der Waals surface area contributed by atoms with Crippen LogP contribution < -0.4 is 5.32 Å². The van der Waals surface area contributed by atoms with Crippen LogP contribution in [0.5, 0.6) is 0 Å². The van der Waals surface area contributed by atoms with Crippen LogP contribution >= 0.6 is 0 Å². The number of aromatic nitrogens is 2. The van der Waals surface area contributed by atoms with Crippen molar-refractivity contribution >= 4 is 5.91 Å². The predicted octanol–water partition coefficient (Wildman–Crippen LogP) is 3.00. The Bertz CT molecular complexity index is 741. The fourth-order valence-electron chi connectivity index (χ4n) is 3.04. The quantitative estimate of drug-likeness (QED) is 0.813. The summed E-state index contributed by atoms with van der Waals surface area (Å²) in [5.74, 6) is 1.32. The topological polar surface area (TPSA) is 67.2 Å². The van der Waals surface area contributed by atoms with E-state index in [0.29, 0.717) is 17.9 Å². The number of rotatable bonds is 7. The molecule has 25 heavy (non-hydrogen) atoms. The number of aryl methyl sites for hydroxylation is 2. The van der Waals surface area contributed by atoms with Crippen LogP contribution in [-0.2, 0) is 13.5 Å². The molecule has 1 heterocycles. The highest BCUT2D eigenvalue weighted by molar-refractivity contribution is 5.94. The van der Waals surface area contributed by atoms with Gasteiger partial charge < -0.3 is 15.0 Å². The third-order valence-electron chi connectivity index (χ3n) is 4.73. The zero-order valence-electron chi connectivity index (χ0n) is 15.2. The minimum atomic E-state index is -0.701. The van der Waals surface area contributed by atoms with Gasteiger partial charge in [-0.05, 0) is 63.1 Å². The Morgan fingerprint density at radius 1 is 1.44 bits per heavy atom. The van der Waals surface area contributed by atoms with E-state index in [-0.39, 0.29) is 11.9 Å². The normalized spacial score (nSPS) is 15.8. The van der Waals surface area contributed by atoms with Crippen LogP contribution in [0.1, 0.15) is 60.9 Å². The standard InChI is InChI=1S/C20H27N3O2/c1-20(2,25)10-9-14-5-4-6-16(13-14)19(24)22-17(15-7-8-15)18-21-11-12-23(18)3/h4-6,11-13,15,17,25H,7-10H2,1-3H3,(H,22,24). The SMILES string of the molecule is Cn1ccnc1C(NC(=O)c1cccc(CCC(C)(C)O)c1)C1CC1. The first-order valence-electron chi connectivity index (χ1n) is 8.93. The Morgan fingerprint density at radius 2 is 2.20 bits per heavy atom. The van der Waals surface area contributed by atoms with Crippen molar-refractivity contribution in [2.75, 3.05) is 0 Å². The summed E-state index contributed by atoms with van der Waals surface area (Å²) in [5.41, 5.74) is 1.02. The zero-order chi connectivity index (χ0) is 18.0. The maximum Gasteiger partial charge on any atom is 0.251 e. The molecule has 1 aromatic carbocycles. The van der Waals surface area contributed by atoms with Crippen molar-refractivity contribution in [1.29, 1.82) is 0 Å². The van der Waals surface area contributed by atoms with E-state index in [4.69, 9.17) is 0 Å². The number of aliphatic hydroxyl groups is 1. The highest BCUT2D eigenvalue weighted by Gasteiger charge is 2.35. The molecule has 1 amide bonds. The molecule has 5 nitrogen and oxygen atoms in total. The number of hydrogen-bond donors (Lipinski definition) is 2. The van der Waals surface area contributed by atoms with Crippen molar-refractivity contribution < 1.29 is 9.90 Å². The van der Waals surface area contributed by atoms with Gasteiger partial charge in [0.2, 0.25) is 0 Å². The number of nitrogens with one attached hydrogen (secondary N) is 1. The second-order valence-corrected chi connectivity index (χ2v) is 7.70.